The number of rotatable bonds is 5. The van der Waals surface area contributed by atoms with E-state index in [1.807, 2.05) is 6.07 Å². The Morgan fingerprint density at radius 2 is 2.15 bits per heavy atom. The molecule has 0 aliphatic heterocycles. The van der Waals surface area contributed by atoms with E-state index in [-0.39, 0.29) is 5.82 Å². The van der Waals surface area contributed by atoms with Gasteiger partial charge < -0.3 is 5.32 Å². The largest absolute Gasteiger partial charge is 0.316 e. The Balaban J connectivity index is 2.28. The molecule has 0 saturated heterocycles. The summed E-state index contributed by atoms with van der Waals surface area (Å²) in [6.45, 7) is 1.78. The third-order valence-corrected chi connectivity index (χ3v) is 1.99. The van der Waals surface area contributed by atoms with Crippen LogP contribution >= 0.6 is 12.6 Å². The molecule has 0 saturated carbocycles. The highest BCUT2D eigenvalue weighted by molar-refractivity contribution is 7.80. The Bertz CT molecular complexity index is 252. The molecule has 0 spiro atoms. The predicted octanol–water partition coefficient (Wildman–Crippen LogP) is 1.89. The zero-order valence-corrected chi connectivity index (χ0v) is 8.36. The van der Waals surface area contributed by atoms with Crippen LogP contribution in [0.2, 0.25) is 0 Å². The van der Waals surface area contributed by atoms with Gasteiger partial charge in [-0.2, -0.15) is 12.6 Å². The van der Waals surface area contributed by atoms with Gasteiger partial charge >= 0.3 is 0 Å². The monoisotopic (exact) mass is 199 g/mol. The zero-order chi connectivity index (χ0) is 9.52. The topological polar surface area (TPSA) is 12.0 Å². The highest BCUT2D eigenvalue weighted by atomic mass is 32.1. The van der Waals surface area contributed by atoms with Crippen LogP contribution in [0.4, 0.5) is 4.39 Å². The van der Waals surface area contributed by atoms with Gasteiger partial charge in [0.25, 0.3) is 0 Å². The summed E-state index contributed by atoms with van der Waals surface area (Å²) in [5, 5.41) is 3.20. The molecule has 0 aliphatic carbocycles. The number of halogens is 1. The molecule has 1 aromatic carbocycles. The van der Waals surface area contributed by atoms with E-state index in [1.54, 1.807) is 12.1 Å². The summed E-state index contributed by atoms with van der Waals surface area (Å²) >= 11 is 4.07. The molecule has 0 aliphatic rings. The van der Waals surface area contributed by atoms with Crippen molar-refractivity contribution in [3.8, 4) is 0 Å². The van der Waals surface area contributed by atoms with Crippen molar-refractivity contribution in [3.63, 3.8) is 0 Å². The van der Waals surface area contributed by atoms with E-state index in [9.17, 15) is 4.39 Å². The van der Waals surface area contributed by atoms with E-state index < -0.39 is 0 Å². The van der Waals surface area contributed by atoms with Gasteiger partial charge in [-0.15, -0.1) is 0 Å². The van der Waals surface area contributed by atoms with Crippen molar-refractivity contribution in [1.82, 2.24) is 5.32 Å². The van der Waals surface area contributed by atoms with E-state index in [0.717, 1.165) is 30.8 Å². The minimum absolute atomic E-state index is 0.160. The Kier molecular flexibility index (Phi) is 4.86. The lowest BCUT2D eigenvalue weighted by molar-refractivity contribution is 0.623. The van der Waals surface area contributed by atoms with E-state index in [2.05, 4.69) is 17.9 Å². The summed E-state index contributed by atoms with van der Waals surface area (Å²) in [6.07, 6.45) is 0.867. The van der Waals surface area contributed by atoms with Crippen LogP contribution in [-0.2, 0) is 6.42 Å². The highest BCUT2D eigenvalue weighted by Crippen LogP contribution is 2.03. The summed E-state index contributed by atoms with van der Waals surface area (Å²) in [7, 11) is 0. The fraction of sp³-hybridized carbons (Fsp3) is 0.400. The van der Waals surface area contributed by atoms with Crippen LogP contribution in [-0.4, -0.2) is 18.8 Å². The Morgan fingerprint density at radius 1 is 1.31 bits per heavy atom. The standard InChI is InChI=1S/C10H14FNS/c11-10-3-1-2-9(8-10)4-5-12-6-7-13/h1-3,8,12-13H,4-7H2. The molecule has 1 N–H and O–H groups in total. The lowest BCUT2D eigenvalue weighted by Gasteiger charge is -2.02. The van der Waals surface area contributed by atoms with E-state index in [4.69, 9.17) is 0 Å². The van der Waals surface area contributed by atoms with Crippen molar-refractivity contribution in [2.24, 2.45) is 0 Å². The second kappa shape index (κ2) is 6.00. The van der Waals surface area contributed by atoms with Crippen LogP contribution in [0.25, 0.3) is 0 Å². The highest BCUT2D eigenvalue weighted by Gasteiger charge is 1.94. The molecule has 0 amide bonds. The van der Waals surface area contributed by atoms with Crippen LogP contribution < -0.4 is 5.32 Å². The second-order valence-corrected chi connectivity index (χ2v) is 3.30. The molecule has 0 radical (unpaired) electrons. The van der Waals surface area contributed by atoms with Gasteiger partial charge in [0, 0.05) is 12.3 Å². The van der Waals surface area contributed by atoms with Gasteiger partial charge in [-0.05, 0) is 30.7 Å². The minimum Gasteiger partial charge on any atom is -0.316 e. The summed E-state index contributed by atoms with van der Waals surface area (Å²) < 4.78 is 12.7. The van der Waals surface area contributed by atoms with Crippen LogP contribution in [0.3, 0.4) is 0 Å². The number of benzene rings is 1. The third-order valence-electron chi connectivity index (χ3n) is 1.77. The Hall–Kier alpha value is -0.540. The molecule has 1 aromatic rings. The van der Waals surface area contributed by atoms with Gasteiger partial charge in [0.2, 0.25) is 0 Å². The normalized spacial score (nSPS) is 10.3. The molecule has 72 valence electrons. The smallest absolute Gasteiger partial charge is 0.123 e. The first-order chi connectivity index (χ1) is 6.33. The molecule has 1 nitrogen and oxygen atoms in total. The van der Waals surface area contributed by atoms with Gasteiger partial charge in [0.15, 0.2) is 0 Å². The number of thiol groups is 1. The maximum absolute atomic E-state index is 12.7. The first-order valence-electron chi connectivity index (χ1n) is 4.39. The molecule has 0 aromatic heterocycles. The zero-order valence-electron chi connectivity index (χ0n) is 7.46. The van der Waals surface area contributed by atoms with Crippen LogP contribution in [0.5, 0.6) is 0 Å². The number of hydrogen-bond acceptors (Lipinski definition) is 2. The third kappa shape index (κ3) is 4.29. The lowest BCUT2D eigenvalue weighted by Crippen LogP contribution is -2.19. The number of hydrogen-bond donors (Lipinski definition) is 2. The van der Waals surface area contributed by atoms with Gasteiger partial charge in [0.05, 0.1) is 0 Å². The molecular formula is C10H14FNS. The molecule has 0 heterocycles. The van der Waals surface area contributed by atoms with Crippen molar-refractivity contribution >= 4 is 12.6 Å². The van der Waals surface area contributed by atoms with Crippen molar-refractivity contribution in [2.75, 3.05) is 18.8 Å². The first kappa shape index (κ1) is 10.5. The van der Waals surface area contributed by atoms with Crippen molar-refractivity contribution < 1.29 is 4.39 Å². The van der Waals surface area contributed by atoms with Crippen LogP contribution in [0, 0.1) is 5.82 Å². The maximum atomic E-state index is 12.7. The summed E-state index contributed by atoms with van der Waals surface area (Å²) in [6, 6.07) is 6.71. The summed E-state index contributed by atoms with van der Waals surface area (Å²) in [4.78, 5) is 0. The molecule has 0 fully saturated rings. The molecule has 13 heavy (non-hydrogen) atoms. The number of nitrogens with one attached hydrogen (secondary N) is 1. The SMILES string of the molecule is Fc1cccc(CCNCCS)c1. The summed E-state index contributed by atoms with van der Waals surface area (Å²) in [5.41, 5.74) is 1.03. The van der Waals surface area contributed by atoms with E-state index in [0.29, 0.717) is 0 Å². The van der Waals surface area contributed by atoms with Gasteiger partial charge in [-0.25, -0.2) is 4.39 Å². The molecule has 0 unspecified atom stereocenters. The molecule has 0 bridgehead atoms. The lowest BCUT2D eigenvalue weighted by atomic mass is 10.1. The van der Waals surface area contributed by atoms with Crippen LogP contribution in [0.1, 0.15) is 5.56 Å². The fourth-order valence-corrected chi connectivity index (χ4v) is 1.29. The van der Waals surface area contributed by atoms with Crippen molar-refractivity contribution in [3.05, 3.63) is 35.6 Å². The van der Waals surface area contributed by atoms with Crippen molar-refractivity contribution in [2.45, 2.75) is 6.42 Å². The molecule has 1 rings (SSSR count). The van der Waals surface area contributed by atoms with Crippen molar-refractivity contribution in [1.29, 1.82) is 0 Å². The average molecular weight is 199 g/mol. The first-order valence-corrected chi connectivity index (χ1v) is 5.02. The van der Waals surface area contributed by atoms with E-state index >= 15 is 0 Å². The van der Waals surface area contributed by atoms with E-state index in [1.165, 1.54) is 6.07 Å². The Labute approximate surface area is 83.8 Å². The Morgan fingerprint density at radius 3 is 2.85 bits per heavy atom. The second-order valence-electron chi connectivity index (χ2n) is 2.85. The van der Waals surface area contributed by atoms with Gasteiger partial charge in [-0.1, -0.05) is 12.1 Å². The fourth-order valence-electron chi connectivity index (χ4n) is 1.13. The maximum Gasteiger partial charge on any atom is 0.123 e. The molecule has 3 heteroatoms. The van der Waals surface area contributed by atoms with Gasteiger partial charge in [-0.3, -0.25) is 0 Å². The quantitative estimate of drug-likeness (QED) is 0.545. The van der Waals surface area contributed by atoms with Gasteiger partial charge in [0.1, 0.15) is 5.82 Å². The minimum atomic E-state index is -0.160. The molecular weight excluding hydrogens is 185 g/mol. The van der Waals surface area contributed by atoms with Crippen LogP contribution in [0.15, 0.2) is 24.3 Å². The average Bonchev–Trinajstić information content (AvgIpc) is 2.13. The predicted molar refractivity (Wildman–Crippen MR) is 56.8 cm³/mol. The summed E-state index contributed by atoms with van der Waals surface area (Å²) in [5.74, 6) is 0.676. The molecule has 0 atom stereocenters.